The predicted octanol–water partition coefficient (Wildman–Crippen LogP) is 6.85. The first-order valence-corrected chi connectivity index (χ1v) is 9.21. The average molecular weight is 406 g/mol. The van der Waals surface area contributed by atoms with Crippen LogP contribution >= 0.6 is 23.2 Å². The zero-order chi connectivity index (χ0) is 19.4. The largest absolute Gasteiger partial charge is 0.337 e. The van der Waals surface area contributed by atoms with E-state index in [-0.39, 0.29) is 10.6 Å². The lowest BCUT2D eigenvalue weighted by molar-refractivity contribution is 0.630. The second-order valence-corrected chi connectivity index (χ2v) is 7.31. The minimum Gasteiger partial charge on any atom is -0.337 e. The summed E-state index contributed by atoms with van der Waals surface area (Å²) in [5, 5.41) is 13.6. The van der Waals surface area contributed by atoms with Gasteiger partial charge in [0.25, 0.3) is 0 Å². The van der Waals surface area contributed by atoms with E-state index >= 15 is 0 Å². The van der Waals surface area contributed by atoms with Crippen LogP contribution in [0.3, 0.4) is 0 Å². The van der Waals surface area contributed by atoms with Gasteiger partial charge in [-0.15, -0.1) is 0 Å². The minimum absolute atomic E-state index is 0.226. The number of fused-ring (bicyclic) bond motifs is 6. The molecule has 5 rings (SSSR count). The second kappa shape index (κ2) is 6.20. The summed E-state index contributed by atoms with van der Waals surface area (Å²) in [6.07, 6.45) is 0. The van der Waals surface area contributed by atoms with Crippen molar-refractivity contribution >= 4 is 55.8 Å². The Morgan fingerprint density at radius 1 is 0.929 bits per heavy atom. The van der Waals surface area contributed by atoms with Crippen LogP contribution in [0.15, 0.2) is 54.6 Å². The molecule has 0 fully saturated rings. The Balaban J connectivity index is 1.98. The van der Waals surface area contributed by atoms with E-state index in [2.05, 4.69) is 16.0 Å². The SMILES string of the molecule is N#Cc1ccc2c(c1)c1cc(Cl)ccc1c1[nH]c(-c3c(F)cccc3Cl)nc21. The number of nitrogens with zero attached hydrogens (tertiary/aromatic N) is 2. The summed E-state index contributed by atoms with van der Waals surface area (Å²) in [7, 11) is 0. The van der Waals surface area contributed by atoms with E-state index in [1.165, 1.54) is 6.07 Å². The Kier molecular flexibility index (Phi) is 3.77. The van der Waals surface area contributed by atoms with E-state index in [4.69, 9.17) is 23.2 Å². The van der Waals surface area contributed by atoms with Gasteiger partial charge in [0.1, 0.15) is 11.6 Å². The van der Waals surface area contributed by atoms with Crippen molar-refractivity contribution < 1.29 is 4.39 Å². The van der Waals surface area contributed by atoms with Crippen LogP contribution in [-0.4, -0.2) is 9.97 Å². The van der Waals surface area contributed by atoms with Crippen molar-refractivity contribution in [1.82, 2.24) is 9.97 Å². The predicted molar refractivity (Wildman–Crippen MR) is 111 cm³/mol. The molecule has 0 saturated carbocycles. The lowest BCUT2D eigenvalue weighted by atomic mass is 9.98. The average Bonchev–Trinajstić information content (AvgIpc) is 3.12. The lowest BCUT2D eigenvalue weighted by Gasteiger charge is -2.07. The van der Waals surface area contributed by atoms with Crippen LogP contribution in [0.5, 0.6) is 0 Å². The second-order valence-electron chi connectivity index (χ2n) is 6.47. The van der Waals surface area contributed by atoms with Crippen molar-refractivity contribution in [3.63, 3.8) is 0 Å². The number of hydrogen-bond donors (Lipinski definition) is 1. The molecule has 1 heterocycles. The molecule has 0 aliphatic rings. The van der Waals surface area contributed by atoms with Gasteiger partial charge < -0.3 is 4.98 Å². The highest BCUT2D eigenvalue weighted by molar-refractivity contribution is 6.34. The zero-order valence-corrected chi connectivity index (χ0v) is 15.7. The fourth-order valence-electron chi connectivity index (χ4n) is 3.61. The molecule has 0 unspecified atom stereocenters. The quantitative estimate of drug-likeness (QED) is 0.310. The number of benzene rings is 4. The molecule has 0 atom stereocenters. The summed E-state index contributed by atoms with van der Waals surface area (Å²) in [6.45, 7) is 0. The third-order valence-corrected chi connectivity index (χ3v) is 5.40. The molecule has 0 aliphatic carbocycles. The molecule has 134 valence electrons. The topological polar surface area (TPSA) is 52.5 Å². The maximum atomic E-state index is 14.4. The molecular weight excluding hydrogens is 396 g/mol. The Morgan fingerprint density at radius 3 is 2.50 bits per heavy atom. The van der Waals surface area contributed by atoms with Crippen LogP contribution in [-0.2, 0) is 0 Å². The van der Waals surface area contributed by atoms with E-state index in [0.29, 0.717) is 21.9 Å². The normalized spacial score (nSPS) is 11.4. The van der Waals surface area contributed by atoms with Crippen molar-refractivity contribution in [3.05, 3.63) is 76.0 Å². The number of H-pyrrole nitrogens is 1. The summed E-state index contributed by atoms with van der Waals surface area (Å²) in [6, 6.07) is 17.6. The van der Waals surface area contributed by atoms with E-state index in [1.54, 1.807) is 24.3 Å². The molecule has 6 heteroatoms. The molecule has 5 aromatic rings. The molecular formula is C22H10Cl2FN3. The van der Waals surface area contributed by atoms with Gasteiger partial charge in [0.15, 0.2) is 0 Å². The molecule has 4 aromatic carbocycles. The monoisotopic (exact) mass is 405 g/mol. The summed E-state index contributed by atoms with van der Waals surface area (Å²) < 4.78 is 14.4. The number of imidazole rings is 1. The van der Waals surface area contributed by atoms with E-state index < -0.39 is 5.82 Å². The highest BCUT2D eigenvalue weighted by Crippen LogP contribution is 2.38. The molecule has 0 aliphatic heterocycles. The summed E-state index contributed by atoms with van der Waals surface area (Å²) in [4.78, 5) is 7.90. The zero-order valence-electron chi connectivity index (χ0n) is 14.2. The molecule has 0 spiro atoms. The Morgan fingerprint density at radius 2 is 1.71 bits per heavy atom. The van der Waals surface area contributed by atoms with Crippen LogP contribution in [0.4, 0.5) is 4.39 Å². The first-order valence-electron chi connectivity index (χ1n) is 8.46. The molecule has 28 heavy (non-hydrogen) atoms. The van der Waals surface area contributed by atoms with Gasteiger partial charge in [-0.1, -0.05) is 41.4 Å². The lowest BCUT2D eigenvalue weighted by Crippen LogP contribution is -1.87. The van der Waals surface area contributed by atoms with Crippen molar-refractivity contribution in [1.29, 1.82) is 5.26 Å². The minimum atomic E-state index is -0.449. The van der Waals surface area contributed by atoms with Gasteiger partial charge in [0, 0.05) is 15.8 Å². The van der Waals surface area contributed by atoms with Crippen LogP contribution in [0.2, 0.25) is 10.0 Å². The first-order chi connectivity index (χ1) is 13.6. The number of nitrogens with one attached hydrogen (secondary N) is 1. The third-order valence-electron chi connectivity index (χ3n) is 4.85. The van der Waals surface area contributed by atoms with Crippen molar-refractivity contribution in [3.8, 4) is 17.5 Å². The number of nitriles is 1. The Bertz CT molecular complexity index is 1440. The van der Waals surface area contributed by atoms with Gasteiger partial charge in [-0.25, -0.2) is 9.37 Å². The first kappa shape index (κ1) is 17.0. The standard InChI is InChI=1S/C22H10Cl2FN3/c23-12-5-7-14-16(9-12)15-8-11(10-26)4-6-13(15)20-21(14)28-22(27-20)19-17(24)2-1-3-18(19)25/h1-9H,(H,27,28). The molecule has 0 amide bonds. The van der Waals surface area contributed by atoms with Crippen LogP contribution in [0, 0.1) is 17.1 Å². The van der Waals surface area contributed by atoms with Crippen molar-refractivity contribution in [2.75, 3.05) is 0 Å². The Hall–Kier alpha value is -3.13. The van der Waals surface area contributed by atoms with Gasteiger partial charge >= 0.3 is 0 Å². The van der Waals surface area contributed by atoms with E-state index in [0.717, 1.165) is 27.1 Å². The number of hydrogen-bond acceptors (Lipinski definition) is 2. The Labute approximate surface area is 168 Å². The summed E-state index contributed by atoms with van der Waals surface area (Å²) in [5.74, 6) is -0.0961. The van der Waals surface area contributed by atoms with Crippen molar-refractivity contribution in [2.24, 2.45) is 0 Å². The van der Waals surface area contributed by atoms with Crippen LogP contribution in [0.25, 0.3) is 44.0 Å². The van der Waals surface area contributed by atoms with Gasteiger partial charge in [-0.2, -0.15) is 5.26 Å². The molecule has 0 saturated heterocycles. The van der Waals surface area contributed by atoms with Gasteiger partial charge in [-0.3, -0.25) is 0 Å². The smallest absolute Gasteiger partial charge is 0.143 e. The maximum Gasteiger partial charge on any atom is 0.143 e. The highest BCUT2D eigenvalue weighted by Gasteiger charge is 2.18. The number of aromatic amines is 1. The summed E-state index contributed by atoms with van der Waals surface area (Å²) in [5.41, 5.74) is 2.21. The summed E-state index contributed by atoms with van der Waals surface area (Å²) >= 11 is 12.5. The maximum absolute atomic E-state index is 14.4. The van der Waals surface area contributed by atoms with Crippen molar-refractivity contribution in [2.45, 2.75) is 0 Å². The van der Waals surface area contributed by atoms with E-state index in [9.17, 15) is 9.65 Å². The van der Waals surface area contributed by atoms with Gasteiger partial charge in [0.05, 0.1) is 33.3 Å². The third kappa shape index (κ3) is 2.45. The molecule has 1 N–H and O–H groups in total. The highest BCUT2D eigenvalue weighted by atomic mass is 35.5. The van der Waals surface area contributed by atoms with Gasteiger partial charge in [0.2, 0.25) is 0 Å². The molecule has 0 bridgehead atoms. The van der Waals surface area contributed by atoms with Crippen LogP contribution < -0.4 is 0 Å². The molecule has 3 nitrogen and oxygen atoms in total. The number of rotatable bonds is 1. The molecule has 1 aromatic heterocycles. The number of aromatic nitrogens is 2. The van der Waals surface area contributed by atoms with Crippen LogP contribution in [0.1, 0.15) is 5.56 Å². The fraction of sp³-hybridized carbons (Fsp3) is 0. The number of halogens is 3. The van der Waals surface area contributed by atoms with E-state index in [1.807, 2.05) is 24.3 Å². The molecule has 0 radical (unpaired) electrons. The van der Waals surface area contributed by atoms with Gasteiger partial charge in [-0.05, 0) is 47.2 Å². The fourth-order valence-corrected chi connectivity index (χ4v) is 4.03.